The fraction of sp³-hybridized carbons (Fsp3) is 0.273. The second kappa shape index (κ2) is 7.15. The summed E-state index contributed by atoms with van der Waals surface area (Å²) in [6.45, 7) is 10.2. The molecule has 29 heavy (non-hydrogen) atoms. The van der Waals surface area contributed by atoms with E-state index < -0.39 is 5.91 Å². The van der Waals surface area contributed by atoms with Gasteiger partial charge in [-0.2, -0.15) is 15.1 Å². The predicted molar refractivity (Wildman–Crippen MR) is 120 cm³/mol. The maximum Gasteiger partial charge on any atom is 0.283 e. The standard InChI is InChI=1S/C22H23N5OS/c1-12(2)21-25-27-19(23)17(20(28)24-22(27)29-21)11-16-10-14(4)26(15(16)5)18-9-7-6-8-13(18)3/h6-12,23H,1-5H3/b17-11+,23-19?. The lowest BCUT2D eigenvalue weighted by Crippen LogP contribution is -2.35. The maximum atomic E-state index is 12.7. The molecule has 148 valence electrons. The molecule has 0 fully saturated rings. The van der Waals surface area contributed by atoms with Crippen LogP contribution in [-0.4, -0.2) is 31.5 Å². The molecule has 0 aliphatic carbocycles. The topological polar surface area (TPSA) is 73.8 Å². The van der Waals surface area contributed by atoms with Crippen molar-refractivity contribution in [1.29, 1.82) is 5.41 Å². The van der Waals surface area contributed by atoms with E-state index in [-0.39, 0.29) is 17.3 Å². The molecule has 1 amide bonds. The molecule has 4 rings (SSSR count). The zero-order valence-corrected chi connectivity index (χ0v) is 18.0. The number of aromatic nitrogens is 1. The van der Waals surface area contributed by atoms with Gasteiger partial charge < -0.3 is 4.57 Å². The summed E-state index contributed by atoms with van der Waals surface area (Å²) >= 11 is 1.36. The van der Waals surface area contributed by atoms with E-state index in [2.05, 4.69) is 33.7 Å². The Hall–Kier alpha value is -2.93. The van der Waals surface area contributed by atoms with Crippen LogP contribution in [0.25, 0.3) is 11.8 Å². The molecule has 2 aromatic rings. The third kappa shape index (κ3) is 3.25. The molecule has 0 unspecified atom stereocenters. The van der Waals surface area contributed by atoms with Crippen molar-refractivity contribution in [2.75, 3.05) is 0 Å². The quantitative estimate of drug-likeness (QED) is 0.754. The smallest absolute Gasteiger partial charge is 0.283 e. The number of nitrogens with zero attached hydrogens (tertiary/aromatic N) is 4. The van der Waals surface area contributed by atoms with Crippen molar-refractivity contribution in [1.82, 2.24) is 9.58 Å². The first-order valence-corrected chi connectivity index (χ1v) is 10.3. The number of hydrogen-bond donors (Lipinski definition) is 1. The number of carbonyl (C=O) groups is 1. The zero-order valence-electron chi connectivity index (χ0n) is 17.1. The van der Waals surface area contributed by atoms with Crippen molar-refractivity contribution in [2.24, 2.45) is 16.0 Å². The van der Waals surface area contributed by atoms with Crippen molar-refractivity contribution in [3.05, 3.63) is 58.4 Å². The minimum absolute atomic E-state index is 0.0730. The van der Waals surface area contributed by atoms with Crippen molar-refractivity contribution < 1.29 is 4.79 Å². The molecule has 2 aliphatic rings. The number of nitrogens with one attached hydrogen (secondary N) is 1. The monoisotopic (exact) mass is 405 g/mol. The van der Waals surface area contributed by atoms with Crippen LogP contribution in [0.1, 0.15) is 36.4 Å². The normalized spacial score (nSPS) is 17.9. The third-order valence-corrected chi connectivity index (χ3v) is 6.30. The highest BCUT2D eigenvalue weighted by molar-refractivity contribution is 8.27. The van der Waals surface area contributed by atoms with Gasteiger partial charge in [-0.15, -0.1) is 0 Å². The zero-order chi connectivity index (χ0) is 20.9. The Labute approximate surface area is 174 Å². The fourth-order valence-electron chi connectivity index (χ4n) is 3.51. The number of amidine groups is 2. The number of aryl methyl sites for hydroxylation is 2. The van der Waals surface area contributed by atoms with E-state index in [1.54, 1.807) is 6.08 Å². The van der Waals surface area contributed by atoms with Gasteiger partial charge in [0.2, 0.25) is 5.17 Å². The fourth-order valence-corrected chi connectivity index (χ4v) is 4.41. The van der Waals surface area contributed by atoms with Crippen LogP contribution in [0.15, 0.2) is 46.0 Å². The van der Waals surface area contributed by atoms with E-state index in [1.807, 2.05) is 45.9 Å². The molecule has 0 bridgehead atoms. The molecule has 3 heterocycles. The average Bonchev–Trinajstić information content (AvgIpc) is 3.21. The molecule has 1 N–H and O–H groups in total. The van der Waals surface area contributed by atoms with Gasteiger partial charge in [-0.1, -0.05) is 32.0 Å². The number of benzene rings is 1. The summed E-state index contributed by atoms with van der Waals surface area (Å²) in [4.78, 5) is 16.8. The van der Waals surface area contributed by atoms with Crippen LogP contribution in [0.2, 0.25) is 0 Å². The number of carbonyl (C=O) groups excluding carboxylic acids is 1. The average molecular weight is 406 g/mol. The Morgan fingerprint density at radius 3 is 2.59 bits per heavy atom. The molecular formula is C22H23N5OS. The third-order valence-electron chi connectivity index (χ3n) is 5.09. The second-order valence-corrected chi connectivity index (χ2v) is 8.55. The number of para-hydroxylation sites is 1. The second-order valence-electron chi connectivity index (χ2n) is 7.56. The van der Waals surface area contributed by atoms with Crippen LogP contribution >= 0.6 is 11.8 Å². The van der Waals surface area contributed by atoms with Gasteiger partial charge in [-0.3, -0.25) is 10.2 Å². The summed E-state index contributed by atoms with van der Waals surface area (Å²) < 4.78 is 2.17. The molecule has 6 nitrogen and oxygen atoms in total. The van der Waals surface area contributed by atoms with Gasteiger partial charge in [-0.05, 0) is 61.9 Å². The minimum Gasteiger partial charge on any atom is -0.318 e. The van der Waals surface area contributed by atoms with Gasteiger partial charge in [0.15, 0.2) is 5.84 Å². The summed E-state index contributed by atoms with van der Waals surface area (Å²) in [7, 11) is 0. The highest BCUT2D eigenvalue weighted by Crippen LogP contribution is 2.32. The Bertz CT molecular complexity index is 1140. The van der Waals surface area contributed by atoms with Gasteiger partial charge in [0, 0.05) is 23.0 Å². The molecule has 0 saturated heterocycles. The summed E-state index contributed by atoms with van der Waals surface area (Å²) in [5.74, 6) is -0.102. The summed E-state index contributed by atoms with van der Waals surface area (Å²) in [5, 5.41) is 15.8. The van der Waals surface area contributed by atoms with Crippen molar-refractivity contribution in [3.63, 3.8) is 0 Å². The van der Waals surface area contributed by atoms with E-state index >= 15 is 0 Å². The number of hydrogen-bond acceptors (Lipinski definition) is 4. The first-order chi connectivity index (χ1) is 13.8. The van der Waals surface area contributed by atoms with Crippen molar-refractivity contribution in [2.45, 2.75) is 34.6 Å². The van der Waals surface area contributed by atoms with E-state index in [0.717, 1.165) is 27.7 Å². The van der Waals surface area contributed by atoms with E-state index in [0.29, 0.717) is 5.17 Å². The Kier molecular flexibility index (Phi) is 4.78. The summed E-state index contributed by atoms with van der Waals surface area (Å²) in [6, 6.07) is 10.2. The Balaban J connectivity index is 1.76. The van der Waals surface area contributed by atoms with E-state index in [1.165, 1.54) is 22.3 Å². The van der Waals surface area contributed by atoms with Gasteiger partial charge in [0.25, 0.3) is 5.91 Å². The van der Waals surface area contributed by atoms with E-state index in [9.17, 15) is 4.79 Å². The van der Waals surface area contributed by atoms with Crippen molar-refractivity contribution >= 4 is 39.8 Å². The molecule has 1 aromatic heterocycles. The van der Waals surface area contributed by atoms with Gasteiger partial charge >= 0.3 is 0 Å². The van der Waals surface area contributed by atoms with Gasteiger partial charge in [-0.25, -0.2) is 0 Å². The molecule has 0 saturated carbocycles. The molecule has 1 aromatic carbocycles. The highest BCUT2D eigenvalue weighted by Gasteiger charge is 2.36. The number of rotatable bonds is 3. The molecule has 7 heteroatoms. The SMILES string of the molecule is Cc1ccccc1-n1c(C)cc(/C=C2\C(=N)N3N=C(C(C)C)SC3=NC2=O)c1C. The van der Waals surface area contributed by atoms with Crippen LogP contribution in [0.4, 0.5) is 0 Å². The highest BCUT2D eigenvalue weighted by atomic mass is 32.2. The van der Waals surface area contributed by atoms with Crippen LogP contribution in [-0.2, 0) is 4.79 Å². The van der Waals surface area contributed by atoms with Crippen LogP contribution in [0.5, 0.6) is 0 Å². The number of fused-ring (bicyclic) bond motifs is 1. The lowest BCUT2D eigenvalue weighted by atomic mass is 10.1. The molecular weight excluding hydrogens is 382 g/mol. The summed E-state index contributed by atoms with van der Waals surface area (Å²) in [5.41, 5.74) is 5.53. The molecule has 0 atom stereocenters. The largest absolute Gasteiger partial charge is 0.318 e. The molecule has 0 spiro atoms. The lowest BCUT2D eigenvalue weighted by molar-refractivity contribution is -0.114. The van der Waals surface area contributed by atoms with Crippen LogP contribution in [0.3, 0.4) is 0 Å². The minimum atomic E-state index is -0.394. The number of hydrazone groups is 1. The number of thioether (sulfide) groups is 1. The van der Waals surface area contributed by atoms with Crippen LogP contribution < -0.4 is 0 Å². The van der Waals surface area contributed by atoms with Crippen LogP contribution in [0, 0.1) is 32.1 Å². The molecule has 0 radical (unpaired) electrons. The Morgan fingerprint density at radius 1 is 1.17 bits per heavy atom. The summed E-state index contributed by atoms with van der Waals surface area (Å²) in [6.07, 6.45) is 1.76. The van der Waals surface area contributed by atoms with Gasteiger partial charge in [0.05, 0.1) is 5.57 Å². The predicted octanol–water partition coefficient (Wildman–Crippen LogP) is 4.68. The number of amides is 1. The van der Waals surface area contributed by atoms with Crippen molar-refractivity contribution in [3.8, 4) is 5.69 Å². The first-order valence-electron chi connectivity index (χ1n) is 9.53. The maximum absolute atomic E-state index is 12.7. The number of aliphatic imine (C=N–C) groups is 1. The van der Waals surface area contributed by atoms with Gasteiger partial charge in [0.1, 0.15) is 5.04 Å². The lowest BCUT2D eigenvalue weighted by Gasteiger charge is -2.20. The molecule has 2 aliphatic heterocycles. The first kappa shape index (κ1) is 19.4. The van der Waals surface area contributed by atoms with E-state index in [4.69, 9.17) is 5.41 Å². The Morgan fingerprint density at radius 2 is 1.90 bits per heavy atom.